The lowest BCUT2D eigenvalue weighted by Crippen LogP contribution is -2.38. The molecule has 0 aliphatic heterocycles. The number of carbonyl (C=O) groups is 2. The molecule has 1 rings (SSSR count). The first-order valence-corrected chi connectivity index (χ1v) is 7.89. The molecule has 2 atom stereocenters. The van der Waals surface area contributed by atoms with Crippen molar-refractivity contribution >= 4 is 11.9 Å². The van der Waals surface area contributed by atoms with Crippen LogP contribution < -0.4 is 5.32 Å². The standard InChI is InChI=1S/C18H27NO4/c1-6-23-12(2)17(22)19-15(11-16(20)21)13-7-9-14(10-8-13)18(3,4)5/h7-10,12,15H,6,11H2,1-5H3,(H,19,22)(H,20,21). The minimum Gasteiger partial charge on any atom is -0.481 e. The third-order valence-corrected chi connectivity index (χ3v) is 3.66. The minimum absolute atomic E-state index is 0.0214. The minimum atomic E-state index is -0.959. The number of hydrogen-bond donors (Lipinski definition) is 2. The Balaban J connectivity index is 2.93. The Morgan fingerprint density at radius 3 is 2.22 bits per heavy atom. The van der Waals surface area contributed by atoms with Gasteiger partial charge in [-0.05, 0) is 30.4 Å². The van der Waals surface area contributed by atoms with Crippen LogP contribution in [-0.4, -0.2) is 29.7 Å². The molecule has 1 amide bonds. The SMILES string of the molecule is CCOC(C)C(=O)NC(CC(=O)O)c1ccc(C(C)(C)C)cc1. The molecule has 1 aromatic rings. The van der Waals surface area contributed by atoms with Gasteiger partial charge in [-0.1, -0.05) is 45.0 Å². The van der Waals surface area contributed by atoms with Gasteiger partial charge in [0.25, 0.3) is 0 Å². The van der Waals surface area contributed by atoms with Gasteiger partial charge in [0.15, 0.2) is 0 Å². The van der Waals surface area contributed by atoms with Crippen molar-refractivity contribution in [3.05, 3.63) is 35.4 Å². The highest BCUT2D eigenvalue weighted by molar-refractivity contribution is 5.81. The van der Waals surface area contributed by atoms with Crippen LogP contribution in [-0.2, 0) is 19.7 Å². The van der Waals surface area contributed by atoms with E-state index in [0.29, 0.717) is 6.61 Å². The molecule has 0 aromatic heterocycles. The largest absolute Gasteiger partial charge is 0.481 e. The predicted molar refractivity (Wildman–Crippen MR) is 89.4 cm³/mol. The fourth-order valence-corrected chi connectivity index (χ4v) is 2.26. The van der Waals surface area contributed by atoms with Gasteiger partial charge in [0.2, 0.25) is 5.91 Å². The third kappa shape index (κ3) is 6.02. The fraction of sp³-hybridized carbons (Fsp3) is 0.556. The summed E-state index contributed by atoms with van der Waals surface area (Å²) >= 11 is 0. The molecule has 1 aromatic carbocycles. The Morgan fingerprint density at radius 1 is 1.22 bits per heavy atom. The quantitative estimate of drug-likeness (QED) is 0.809. The zero-order chi connectivity index (χ0) is 17.6. The highest BCUT2D eigenvalue weighted by Gasteiger charge is 2.22. The summed E-state index contributed by atoms with van der Waals surface area (Å²) in [6.07, 6.45) is -0.774. The summed E-state index contributed by atoms with van der Waals surface area (Å²) in [5.74, 6) is -1.27. The number of ether oxygens (including phenoxy) is 1. The van der Waals surface area contributed by atoms with Gasteiger partial charge in [-0.15, -0.1) is 0 Å². The maximum atomic E-state index is 12.1. The zero-order valence-electron chi connectivity index (χ0n) is 14.6. The van der Waals surface area contributed by atoms with Crippen LogP contribution in [0.3, 0.4) is 0 Å². The summed E-state index contributed by atoms with van der Waals surface area (Å²) < 4.78 is 5.25. The second-order valence-corrected chi connectivity index (χ2v) is 6.63. The average Bonchev–Trinajstić information content (AvgIpc) is 2.45. The maximum Gasteiger partial charge on any atom is 0.305 e. The summed E-state index contributed by atoms with van der Waals surface area (Å²) in [6, 6.07) is 7.13. The Morgan fingerprint density at radius 2 is 1.78 bits per heavy atom. The van der Waals surface area contributed by atoms with E-state index in [0.717, 1.165) is 11.1 Å². The van der Waals surface area contributed by atoms with E-state index >= 15 is 0 Å². The van der Waals surface area contributed by atoms with Crippen molar-refractivity contribution in [2.24, 2.45) is 0 Å². The number of carboxylic acid groups (broad SMARTS) is 1. The summed E-state index contributed by atoms with van der Waals surface area (Å²) in [5.41, 5.74) is 1.95. The number of hydrogen-bond acceptors (Lipinski definition) is 3. The molecule has 5 heteroatoms. The van der Waals surface area contributed by atoms with Crippen LogP contribution in [0.25, 0.3) is 0 Å². The fourth-order valence-electron chi connectivity index (χ4n) is 2.26. The average molecular weight is 321 g/mol. The summed E-state index contributed by atoms with van der Waals surface area (Å²) in [7, 11) is 0. The van der Waals surface area contributed by atoms with Crippen LogP contribution in [0.4, 0.5) is 0 Å². The van der Waals surface area contributed by atoms with Crippen LogP contribution in [0.5, 0.6) is 0 Å². The molecular weight excluding hydrogens is 294 g/mol. The first kappa shape index (κ1) is 19.2. The van der Waals surface area contributed by atoms with Crippen molar-refractivity contribution in [2.75, 3.05) is 6.61 Å². The first-order valence-electron chi connectivity index (χ1n) is 7.89. The van der Waals surface area contributed by atoms with Crippen molar-refractivity contribution in [1.29, 1.82) is 0 Å². The van der Waals surface area contributed by atoms with Crippen LogP contribution >= 0.6 is 0 Å². The first-order chi connectivity index (χ1) is 10.6. The van der Waals surface area contributed by atoms with Gasteiger partial charge in [0.05, 0.1) is 12.5 Å². The van der Waals surface area contributed by atoms with Gasteiger partial charge in [-0.25, -0.2) is 0 Å². The Kier molecular flexibility index (Phi) is 6.76. The summed E-state index contributed by atoms with van der Waals surface area (Å²) in [6.45, 7) is 10.2. The highest BCUT2D eigenvalue weighted by Crippen LogP contribution is 2.25. The Hall–Kier alpha value is -1.88. The van der Waals surface area contributed by atoms with E-state index in [1.54, 1.807) is 6.92 Å². The van der Waals surface area contributed by atoms with E-state index < -0.39 is 18.1 Å². The van der Waals surface area contributed by atoms with E-state index in [1.165, 1.54) is 0 Å². The zero-order valence-corrected chi connectivity index (χ0v) is 14.6. The van der Waals surface area contributed by atoms with Gasteiger partial charge in [-0.3, -0.25) is 9.59 Å². The number of rotatable bonds is 7. The van der Waals surface area contributed by atoms with Crippen molar-refractivity contribution in [2.45, 2.75) is 58.6 Å². The lowest BCUT2D eigenvalue weighted by atomic mass is 9.86. The third-order valence-electron chi connectivity index (χ3n) is 3.66. The van der Waals surface area contributed by atoms with E-state index in [-0.39, 0.29) is 17.7 Å². The topological polar surface area (TPSA) is 75.6 Å². The molecular formula is C18H27NO4. The monoisotopic (exact) mass is 321 g/mol. The summed E-state index contributed by atoms with van der Waals surface area (Å²) in [5, 5.41) is 11.9. The molecule has 0 saturated heterocycles. The van der Waals surface area contributed by atoms with E-state index in [9.17, 15) is 9.59 Å². The molecule has 2 unspecified atom stereocenters. The van der Waals surface area contributed by atoms with Crippen molar-refractivity contribution in [3.63, 3.8) is 0 Å². The van der Waals surface area contributed by atoms with Gasteiger partial charge in [0, 0.05) is 6.61 Å². The molecule has 23 heavy (non-hydrogen) atoms. The van der Waals surface area contributed by atoms with Crippen LogP contribution in [0.15, 0.2) is 24.3 Å². The van der Waals surface area contributed by atoms with Gasteiger partial charge < -0.3 is 15.2 Å². The molecule has 0 spiro atoms. The number of benzene rings is 1. The molecule has 0 aliphatic rings. The molecule has 0 radical (unpaired) electrons. The number of nitrogens with one attached hydrogen (secondary N) is 1. The van der Waals surface area contributed by atoms with Gasteiger partial charge >= 0.3 is 5.97 Å². The van der Waals surface area contributed by atoms with Gasteiger partial charge in [-0.2, -0.15) is 0 Å². The van der Waals surface area contributed by atoms with Gasteiger partial charge in [0.1, 0.15) is 6.10 Å². The van der Waals surface area contributed by atoms with Crippen LogP contribution in [0.1, 0.15) is 58.2 Å². The van der Waals surface area contributed by atoms with E-state index in [1.807, 2.05) is 31.2 Å². The number of aliphatic carboxylic acids is 1. The van der Waals surface area contributed by atoms with Crippen LogP contribution in [0.2, 0.25) is 0 Å². The highest BCUT2D eigenvalue weighted by atomic mass is 16.5. The Bertz CT molecular complexity index is 531. The van der Waals surface area contributed by atoms with Crippen molar-refractivity contribution in [3.8, 4) is 0 Å². The summed E-state index contributed by atoms with van der Waals surface area (Å²) in [4.78, 5) is 23.2. The molecule has 0 aliphatic carbocycles. The maximum absolute atomic E-state index is 12.1. The molecule has 128 valence electrons. The lowest BCUT2D eigenvalue weighted by molar-refractivity contribution is -0.138. The number of carboxylic acids is 1. The van der Waals surface area contributed by atoms with E-state index in [4.69, 9.17) is 9.84 Å². The smallest absolute Gasteiger partial charge is 0.305 e. The lowest BCUT2D eigenvalue weighted by Gasteiger charge is -2.23. The normalized spacial score (nSPS) is 14.1. The molecule has 0 heterocycles. The van der Waals surface area contributed by atoms with Crippen LogP contribution in [0, 0.1) is 0 Å². The molecule has 0 fully saturated rings. The second kappa shape index (κ2) is 8.11. The molecule has 5 nitrogen and oxygen atoms in total. The molecule has 0 saturated carbocycles. The van der Waals surface area contributed by atoms with Crippen molar-refractivity contribution < 1.29 is 19.4 Å². The number of carbonyl (C=O) groups excluding carboxylic acids is 1. The van der Waals surface area contributed by atoms with Crippen molar-refractivity contribution in [1.82, 2.24) is 5.32 Å². The number of amides is 1. The predicted octanol–water partition coefficient (Wildman–Crippen LogP) is 3.04. The second-order valence-electron chi connectivity index (χ2n) is 6.63. The van der Waals surface area contributed by atoms with E-state index in [2.05, 4.69) is 26.1 Å². The molecule has 2 N–H and O–H groups in total. The Labute approximate surface area is 138 Å². The molecule has 0 bridgehead atoms.